The lowest BCUT2D eigenvalue weighted by molar-refractivity contribution is -0.384. The molecule has 2 aromatic rings. The molecule has 0 spiro atoms. The fourth-order valence-corrected chi connectivity index (χ4v) is 2.42. The van der Waals surface area contributed by atoms with E-state index in [1.807, 2.05) is 13.1 Å². The van der Waals surface area contributed by atoms with Gasteiger partial charge in [-0.05, 0) is 6.07 Å². The summed E-state index contributed by atoms with van der Waals surface area (Å²) in [6.07, 6.45) is 1.38. The number of ether oxygens (including phenoxy) is 1. The fourth-order valence-electron chi connectivity index (χ4n) is 2.42. The average Bonchev–Trinajstić information content (AvgIpc) is 2.62. The van der Waals surface area contributed by atoms with Gasteiger partial charge in [-0.2, -0.15) is 0 Å². The van der Waals surface area contributed by atoms with Gasteiger partial charge < -0.3 is 15.0 Å². The summed E-state index contributed by atoms with van der Waals surface area (Å²) >= 11 is 0. The van der Waals surface area contributed by atoms with Crippen molar-refractivity contribution in [3.05, 3.63) is 52.5 Å². The molecule has 2 heterocycles. The number of hydrogen-bond donors (Lipinski definition) is 1. The van der Waals surface area contributed by atoms with E-state index in [4.69, 9.17) is 4.74 Å². The minimum Gasteiger partial charge on any atom is -0.369 e. The van der Waals surface area contributed by atoms with E-state index in [1.54, 1.807) is 17.0 Å². The maximum absolute atomic E-state index is 10.9. The molecular formula is C15H17N5O3. The third-order valence-electron chi connectivity index (χ3n) is 3.70. The molecule has 0 radical (unpaired) electrons. The Morgan fingerprint density at radius 2 is 2.26 bits per heavy atom. The Labute approximate surface area is 133 Å². The van der Waals surface area contributed by atoms with E-state index in [-0.39, 0.29) is 11.8 Å². The number of anilines is 2. The molecule has 1 aromatic heterocycles. The van der Waals surface area contributed by atoms with Gasteiger partial charge in [0.25, 0.3) is 5.69 Å². The first-order chi connectivity index (χ1) is 11.1. The molecule has 1 aliphatic rings. The summed E-state index contributed by atoms with van der Waals surface area (Å²) in [5.74, 6) is 0.657. The summed E-state index contributed by atoms with van der Waals surface area (Å²) in [5.41, 5.74) is 1.52. The normalized spacial score (nSPS) is 17.7. The highest BCUT2D eigenvalue weighted by molar-refractivity contribution is 5.62. The molecule has 1 fully saturated rings. The van der Waals surface area contributed by atoms with E-state index in [0.717, 1.165) is 12.2 Å². The van der Waals surface area contributed by atoms with Gasteiger partial charge in [-0.3, -0.25) is 10.1 Å². The van der Waals surface area contributed by atoms with Crippen molar-refractivity contribution in [3.63, 3.8) is 0 Å². The molecule has 23 heavy (non-hydrogen) atoms. The molecule has 1 aromatic carbocycles. The van der Waals surface area contributed by atoms with E-state index in [0.29, 0.717) is 24.7 Å². The molecule has 1 saturated heterocycles. The van der Waals surface area contributed by atoms with Gasteiger partial charge in [0.15, 0.2) is 0 Å². The minimum absolute atomic E-state index is 0.0449. The van der Waals surface area contributed by atoms with Crippen molar-refractivity contribution >= 4 is 17.2 Å². The summed E-state index contributed by atoms with van der Waals surface area (Å²) < 4.78 is 5.69. The molecule has 1 N–H and O–H groups in total. The van der Waals surface area contributed by atoms with Gasteiger partial charge in [-0.25, -0.2) is 9.97 Å². The minimum atomic E-state index is -0.412. The Morgan fingerprint density at radius 3 is 3.00 bits per heavy atom. The molecule has 1 aliphatic heterocycles. The molecule has 0 aliphatic carbocycles. The maximum Gasteiger partial charge on any atom is 0.271 e. The SMILES string of the molecule is CN(c1cccc([N+](=O)[O-])c1)c1cc(C2CNCCO2)ncn1. The van der Waals surface area contributed by atoms with Crippen molar-refractivity contribution in [2.24, 2.45) is 0 Å². The van der Waals surface area contributed by atoms with Gasteiger partial charge in [-0.1, -0.05) is 6.07 Å². The largest absolute Gasteiger partial charge is 0.369 e. The first kappa shape index (κ1) is 15.3. The number of nitrogens with zero attached hydrogens (tertiary/aromatic N) is 4. The quantitative estimate of drug-likeness (QED) is 0.679. The number of nitro groups is 1. The van der Waals surface area contributed by atoms with Crippen molar-refractivity contribution in [2.45, 2.75) is 6.10 Å². The van der Waals surface area contributed by atoms with Gasteiger partial charge >= 0.3 is 0 Å². The van der Waals surface area contributed by atoms with Crippen LogP contribution in [-0.2, 0) is 4.74 Å². The van der Waals surface area contributed by atoms with Gasteiger partial charge in [-0.15, -0.1) is 0 Å². The number of nitrogens with one attached hydrogen (secondary N) is 1. The smallest absolute Gasteiger partial charge is 0.271 e. The van der Waals surface area contributed by atoms with E-state index in [1.165, 1.54) is 18.5 Å². The molecule has 0 saturated carbocycles. The lowest BCUT2D eigenvalue weighted by atomic mass is 10.2. The van der Waals surface area contributed by atoms with Gasteiger partial charge in [0.1, 0.15) is 18.2 Å². The summed E-state index contributed by atoms with van der Waals surface area (Å²) in [7, 11) is 1.81. The molecule has 1 atom stereocenters. The zero-order chi connectivity index (χ0) is 16.2. The van der Waals surface area contributed by atoms with Crippen molar-refractivity contribution in [1.82, 2.24) is 15.3 Å². The summed E-state index contributed by atoms with van der Waals surface area (Å²) in [5, 5.41) is 14.2. The van der Waals surface area contributed by atoms with E-state index in [9.17, 15) is 10.1 Å². The number of rotatable bonds is 4. The predicted molar refractivity (Wildman–Crippen MR) is 84.8 cm³/mol. The van der Waals surface area contributed by atoms with Crippen molar-refractivity contribution < 1.29 is 9.66 Å². The third-order valence-corrected chi connectivity index (χ3v) is 3.70. The van der Waals surface area contributed by atoms with Crippen LogP contribution in [0.4, 0.5) is 17.2 Å². The number of nitro benzene ring substituents is 1. The zero-order valence-electron chi connectivity index (χ0n) is 12.7. The number of benzene rings is 1. The second-order valence-electron chi connectivity index (χ2n) is 5.20. The number of hydrogen-bond acceptors (Lipinski definition) is 7. The summed E-state index contributed by atoms with van der Waals surface area (Å²) in [6, 6.07) is 8.27. The second-order valence-corrected chi connectivity index (χ2v) is 5.20. The van der Waals surface area contributed by atoms with Crippen LogP contribution in [0.2, 0.25) is 0 Å². The Morgan fingerprint density at radius 1 is 1.39 bits per heavy atom. The third kappa shape index (κ3) is 3.43. The van der Waals surface area contributed by atoms with Crippen LogP contribution in [0.3, 0.4) is 0 Å². The van der Waals surface area contributed by atoms with E-state index < -0.39 is 4.92 Å². The van der Waals surface area contributed by atoms with Crippen LogP contribution in [0, 0.1) is 10.1 Å². The predicted octanol–water partition coefficient (Wildman–Crippen LogP) is 1.81. The molecule has 8 heteroatoms. The lowest BCUT2D eigenvalue weighted by Gasteiger charge is -2.24. The van der Waals surface area contributed by atoms with Crippen LogP contribution in [-0.4, -0.2) is 41.6 Å². The van der Waals surface area contributed by atoms with E-state index >= 15 is 0 Å². The van der Waals surface area contributed by atoms with Crippen molar-refractivity contribution in [2.75, 3.05) is 31.6 Å². The molecule has 0 amide bonds. The van der Waals surface area contributed by atoms with Crippen molar-refractivity contribution in [1.29, 1.82) is 0 Å². The lowest BCUT2D eigenvalue weighted by Crippen LogP contribution is -2.33. The molecule has 3 rings (SSSR count). The monoisotopic (exact) mass is 315 g/mol. The highest BCUT2D eigenvalue weighted by Gasteiger charge is 2.19. The Hall–Kier alpha value is -2.58. The molecule has 8 nitrogen and oxygen atoms in total. The summed E-state index contributed by atoms with van der Waals surface area (Å²) in [6.45, 7) is 2.18. The Bertz CT molecular complexity index is 703. The maximum atomic E-state index is 10.9. The Kier molecular flexibility index (Phi) is 4.45. The molecule has 120 valence electrons. The number of non-ortho nitro benzene ring substituents is 1. The van der Waals surface area contributed by atoms with Gasteiger partial charge in [0, 0.05) is 44.0 Å². The topological polar surface area (TPSA) is 93.4 Å². The number of aromatic nitrogens is 2. The first-order valence-corrected chi connectivity index (χ1v) is 7.27. The Balaban J connectivity index is 1.86. The molecule has 0 bridgehead atoms. The summed E-state index contributed by atoms with van der Waals surface area (Å²) in [4.78, 5) is 20.8. The van der Waals surface area contributed by atoms with Crippen LogP contribution in [0.1, 0.15) is 11.8 Å². The molecule has 1 unspecified atom stereocenters. The van der Waals surface area contributed by atoms with Gasteiger partial charge in [0.2, 0.25) is 0 Å². The van der Waals surface area contributed by atoms with Crippen LogP contribution in [0.25, 0.3) is 0 Å². The van der Waals surface area contributed by atoms with Gasteiger partial charge in [0.05, 0.1) is 17.2 Å². The highest BCUT2D eigenvalue weighted by Crippen LogP contribution is 2.27. The van der Waals surface area contributed by atoms with Crippen LogP contribution in [0.5, 0.6) is 0 Å². The fraction of sp³-hybridized carbons (Fsp3) is 0.333. The van der Waals surface area contributed by atoms with Crippen molar-refractivity contribution in [3.8, 4) is 0 Å². The number of morpholine rings is 1. The highest BCUT2D eigenvalue weighted by atomic mass is 16.6. The van der Waals surface area contributed by atoms with Crippen LogP contribution in [0.15, 0.2) is 36.7 Å². The first-order valence-electron chi connectivity index (χ1n) is 7.27. The average molecular weight is 315 g/mol. The van der Waals surface area contributed by atoms with E-state index in [2.05, 4.69) is 15.3 Å². The zero-order valence-corrected chi connectivity index (χ0v) is 12.7. The standard InChI is InChI=1S/C15H17N5O3/c1-19(11-3-2-4-12(7-11)20(21)22)15-8-13(17-10-18-15)14-9-16-5-6-23-14/h2-4,7-8,10,14,16H,5-6,9H2,1H3. The molecular weight excluding hydrogens is 298 g/mol. The van der Waals surface area contributed by atoms with Crippen LogP contribution < -0.4 is 10.2 Å². The van der Waals surface area contributed by atoms with Crippen LogP contribution >= 0.6 is 0 Å². The second kappa shape index (κ2) is 6.67.